The lowest BCUT2D eigenvalue weighted by atomic mass is 10.2. The molecule has 2 aromatic heterocycles. The highest BCUT2D eigenvalue weighted by molar-refractivity contribution is 7.99. The van der Waals surface area contributed by atoms with Gasteiger partial charge >= 0.3 is 0 Å². The number of thioether (sulfide) groups is 1. The molecule has 1 aliphatic rings. The summed E-state index contributed by atoms with van der Waals surface area (Å²) in [5.41, 5.74) is 7.12. The molecule has 4 rings (SSSR count). The second-order valence-corrected chi connectivity index (χ2v) is 8.52. The number of primary amides is 1. The van der Waals surface area contributed by atoms with E-state index in [2.05, 4.69) is 20.5 Å². The van der Waals surface area contributed by atoms with Gasteiger partial charge in [0.25, 0.3) is 0 Å². The fourth-order valence-electron chi connectivity index (χ4n) is 2.84. The Morgan fingerprint density at radius 1 is 1.24 bits per heavy atom. The van der Waals surface area contributed by atoms with E-state index in [0.717, 1.165) is 29.9 Å². The van der Waals surface area contributed by atoms with Crippen LogP contribution in [0.2, 0.25) is 0 Å². The molecule has 2 amide bonds. The third kappa shape index (κ3) is 5.01. The Balaban J connectivity index is 1.36. The van der Waals surface area contributed by atoms with E-state index in [1.807, 2.05) is 40.3 Å². The van der Waals surface area contributed by atoms with E-state index in [0.29, 0.717) is 22.8 Å². The molecular formula is C19H20N6O2S2. The fraction of sp³-hybridized carbons (Fsp3) is 0.316. The van der Waals surface area contributed by atoms with E-state index in [-0.39, 0.29) is 24.0 Å². The van der Waals surface area contributed by atoms with E-state index < -0.39 is 0 Å². The zero-order valence-electron chi connectivity index (χ0n) is 15.6. The summed E-state index contributed by atoms with van der Waals surface area (Å²) in [6.07, 6.45) is 2.38. The minimum Gasteiger partial charge on any atom is -0.370 e. The maximum absolute atomic E-state index is 12.4. The summed E-state index contributed by atoms with van der Waals surface area (Å²) >= 11 is 2.69. The van der Waals surface area contributed by atoms with Crippen LogP contribution in [0.5, 0.6) is 0 Å². The number of carbonyl (C=O) groups is 2. The average molecular weight is 429 g/mol. The number of nitrogens with zero attached hydrogens (tertiary/aromatic N) is 4. The van der Waals surface area contributed by atoms with Crippen LogP contribution in [0.1, 0.15) is 31.0 Å². The zero-order chi connectivity index (χ0) is 20.2. The number of rotatable bonds is 9. The van der Waals surface area contributed by atoms with Gasteiger partial charge in [-0.2, -0.15) is 0 Å². The molecule has 0 atom stereocenters. The van der Waals surface area contributed by atoms with E-state index in [1.54, 1.807) is 0 Å². The quantitative estimate of drug-likeness (QED) is 0.506. The number of aromatic nitrogens is 4. The highest BCUT2D eigenvalue weighted by Gasteiger charge is 2.30. The van der Waals surface area contributed by atoms with Crippen molar-refractivity contribution < 1.29 is 9.59 Å². The van der Waals surface area contributed by atoms with Crippen molar-refractivity contribution in [2.24, 2.45) is 5.73 Å². The van der Waals surface area contributed by atoms with Gasteiger partial charge in [0.2, 0.25) is 11.8 Å². The molecule has 150 valence electrons. The lowest BCUT2D eigenvalue weighted by molar-refractivity contribution is -0.118. The van der Waals surface area contributed by atoms with Crippen LogP contribution in [0.3, 0.4) is 0 Å². The first-order valence-electron chi connectivity index (χ1n) is 9.25. The maximum atomic E-state index is 12.4. The van der Waals surface area contributed by atoms with Crippen LogP contribution in [-0.2, 0) is 16.1 Å². The topological polar surface area (TPSA) is 116 Å². The van der Waals surface area contributed by atoms with Crippen molar-refractivity contribution in [2.45, 2.75) is 36.9 Å². The van der Waals surface area contributed by atoms with Gasteiger partial charge in [-0.15, -0.1) is 21.5 Å². The van der Waals surface area contributed by atoms with Crippen LogP contribution >= 0.6 is 23.1 Å². The molecule has 1 aliphatic carbocycles. The molecule has 1 fully saturated rings. The Morgan fingerprint density at radius 2 is 2.03 bits per heavy atom. The number of carbonyl (C=O) groups excluding carboxylic acids is 2. The summed E-state index contributed by atoms with van der Waals surface area (Å²) in [6, 6.07) is 9.81. The van der Waals surface area contributed by atoms with Gasteiger partial charge in [0, 0.05) is 29.8 Å². The van der Waals surface area contributed by atoms with E-state index in [9.17, 15) is 9.59 Å². The molecule has 2 heterocycles. The fourth-order valence-corrected chi connectivity index (χ4v) is 4.35. The van der Waals surface area contributed by atoms with Crippen LogP contribution in [0.4, 0.5) is 5.13 Å². The average Bonchev–Trinajstić information content (AvgIpc) is 3.31. The largest absolute Gasteiger partial charge is 0.370 e. The minimum atomic E-state index is -0.368. The molecule has 10 heteroatoms. The van der Waals surface area contributed by atoms with Gasteiger partial charge in [0.05, 0.1) is 11.4 Å². The van der Waals surface area contributed by atoms with Gasteiger partial charge in [0.15, 0.2) is 10.3 Å². The molecule has 0 unspecified atom stereocenters. The predicted molar refractivity (Wildman–Crippen MR) is 113 cm³/mol. The minimum absolute atomic E-state index is 0.165. The zero-order valence-corrected chi connectivity index (χ0v) is 17.2. The number of anilines is 1. The molecule has 1 aromatic carbocycles. The Kier molecular flexibility index (Phi) is 5.91. The first kappa shape index (κ1) is 19.6. The maximum Gasteiger partial charge on any atom is 0.236 e. The Labute approximate surface area is 175 Å². The molecule has 0 aliphatic heterocycles. The molecule has 0 radical (unpaired) electrons. The van der Waals surface area contributed by atoms with Gasteiger partial charge in [-0.05, 0) is 12.8 Å². The van der Waals surface area contributed by atoms with Crippen LogP contribution in [0.15, 0.2) is 40.9 Å². The number of nitrogens with two attached hydrogens (primary N) is 1. The molecule has 3 N–H and O–H groups in total. The number of hydrogen-bond donors (Lipinski definition) is 2. The Morgan fingerprint density at radius 3 is 2.76 bits per heavy atom. The first-order valence-corrected chi connectivity index (χ1v) is 11.1. The monoisotopic (exact) mass is 428 g/mol. The summed E-state index contributed by atoms with van der Waals surface area (Å²) < 4.78 is 1.91. The van der Waals surface area contributed by atoms with Gasteiger partial charge in [-0.25, -0.2) is 4.98 Å². The van der Waals surface area contributed by atoms with Crippen molar-refractivity contribution in [1.29, 1.82) is 0 Å². The highest BCUT2D eigenvalue weighted by Crippen LogP contribution is 2.40. The lowest BCUT2D eigenvalue weighted by Gasteiger charge is -2.08. The van der Waals surface area contributed by atoms with Crippen LogP contribution in [-0.4, -0.2) is 37.3 Å². The van der Waals surface area contributed by atoms with Gasteiger partial charge in [0.1, 0.15) is 5.82 Å². The number of amides is 2. The SMILES string of the molecule is NC(=O)CCn1c(SCC(=O)Nc2nc(-c3ccccc3)cs2)nnc1C1CC1. The molecule has 0 saturated heterocycles. The molecule has 0 bridgehead atoms. The van der Waals surface area contributed by atoms with Crippen molar-refractivity contribution >= 4 is 40.0 Å². The standard InChI is InChI=1S/C19H20N6O2S2/c20-15(26)8-9-25-17(13-6-7-13)23-24-19(25)29-11-16(27)22-18-21-14(10-28-18)12-4-2-1-3-5-12/h1-5,10,13H,6-9,11H2,(H2,20,26)(H,21,22,27). The summed E-state index contributed by atoms with van der Waals surface area (Å²) in [4.78, 5) is 28.0. The van der Waals surface area contributed by atoms with Crippen LogP contribution in [0.25, 0.3) is 11.3 Å². The third-order valence-electron chi connectivity index (χ3n) is 4.42. The van der Waals surface area contributed by atoms with Gasteiger partial charge in [-0.1, -0.05) is 42.1 Å². The van der Waals surface area contributed by atoms with Gasteiger partial charge < -0.3 is 15.6 Å². The van der Waals surface area contributed by atoms with Crippen molar-refractivity contribution in [3.05, 3.63) is 41.5 Å². The summed E-state index contributed by atoms with van der Waals surface area (Å²) in [6.45, 7) is 0.436. The Hall–Kier alpha value is -2.72. The normalized spacial score (nSPS) is 13.4. The summed E-state index contributed by atoms with van der Waals surface area (Å²) in [5.74, 6) is 0.917. The van der Waals surface area contributed by atoms with Crippen molar-refractivity contribution in [3.8, 4) is 11.3 Å². The van der Waals surface area contributed by atoms with E-state index in [1.165, 1.54) is 23.1 Å². The molecule has 1 saturated carbocycles. The number of benzene rings is 1. The van der Waals surface area contributed by atoms with Crippen LogP contribution in [0, 0.1) is 0 Å². The molecular weight excluding hydrogens is 408 g/mol. The third-order valence-corrected chi connectivity index (χ3v) is 6.15. The summed E-state index contributed by atoms with van der Waals surface area (Å²) in [7, 11) is 0. The second-order valence-electron chi connectivity index (χ2n) is 6.72. The smallest absolute Gasteiger partial charge is 0.236 e. The Bertz CT molecular complexity index is 1010. The molecule has 0 spiro atoms. The van der Waals surface area contributed by atoms with Gasteiger partial charge in [-0.3, -0.25) is 9.59 Å². The van der Waals surface area contributed by atoms with E-state index in [4.69, 9.17) is 5.73 Å². The van der Waals surface area contributed by atoms with E-state index >= 15 is 0 Å². The molecule has 8 nitrogen and oxygen atoms in total. The highest BCUT2D eigenvalue weighted by atomic mass is 32.2. The first-order chi connectivity index (χ1) is 14.1. The van der Waals surface area contributed by atoms with Crippen molar-refractivity contribution in [2.75, 3.05) is 11.1 Å². The van der Waals surface area contributed by atoms with Crippen molar-refractivity contribution in [3.63, 3.8) is 0 Å². The molecule has 3 aromatic rings. The summed E-state index contributed by atoms with van der Waals surface area (Å²) in [5, 5.41) is 14.4. The second kappa shape index (κ2) is 8.75. The number of hydrogen-bond acceptors (Lipinski definition) is 7. The van der Waals surface area contributed by atoms with Crippen LogP contribution < -0.4 is 11.1 Å². The molecule has 29 heavy (non-hydrogen) atoms. The number of nitrogens with one attached hydrogen (secondary N) is 1. The van der Waals surface area contributed by atoms with Crippen molar-refractivity contribution in [1.82, 2.24) is 19.7 Å². The predicted octanol–water partition coefficient (Wildman–Crippen LogP) is 2.89. The lowest BCUT2D eigenvalue weighted by Crippen LogP contribution is -2.17. The number of thiazole rings is 1.